The summed E-state index contributed by atoms with van der Waals surface area (Å²) < 4.78 is 11.4. The monoisotopic (exact) mass is 569 g/mol. The van der Waals surface area contributed by atoms with E-state index in [1.165, 1.54) is 25.9 Å². The number of likely N-dealkylation sites (tertiary alicyclic amines) is 1. The molecule has 2 aromatic rings. The second kappa shape index (κ2) is 13.8. The number of hydrogen-bond acceptors (Lipinski definition) is 5. The van der Waals surface area contributed by atoms with Gasteiger partial charge in [-0.1, -0.05) is 6.92 Å². The molecule has 0 aliphatic carbocycles. The zero-order valence-corrected chi connectivity index (χ0v) is 23.0. The van der Waals surface area contributed by atoms with Crippen molar-refractivity contribution in [2.45, 2.75) is 66.5 Å². The highest BCUT2D eigenvalue weighted by Gasteiger charge is 2.15. The fourth-order valence-electron chi connectivity index (χ4n) is 3.71. The van der Waals surface area contributed by atoms with E-state index in [9.17, 15) is 0 Å². The summed E-state index contributed by atoms with van der Waals surface area (Å²) in [6, 6.07) is 7.95. The SMILES string of the molecule is Cc1nc(CN=C(NCCCN2CCC(C)CC2)Nc2ccc(OC(C)C)cc2)oc1C.I. The van der Waals surface area contributed by atoms with Gasteiger partial charge in [0.15, 0.2) is 5.96 Å². The lowest BCUT2D eigenvalue weighted by atomic mass is 9.99. The summed E-state index contributed by atoms with van der Waals surface area (Å²) in [5.74, 6) is 3.92. The minimum atomic E-state index is 0. The van der Waals surface area contributed by atoms with Gasteiger partial charge in [-0.25, -0.2) is 9.98 Å². The number of aliphatic imine (C=N–C) groups is 1. The number of oxazole rings is 1. The van der Waals surface area contributed by atoms with Gasteiger partial charge in [0, 0.05) is 12.2 Å². The number of nitrogens with zero attached hydrogens (tertiary/aromatic N) is 3. The number of piperidine rings is 1. The van der Waals surface area contributed by atoms with Gasteiger partial charge >= 0.3 is 0 Å². The van der Waals surface area contributed by atoms with Gasteiger partial charge < -0.3 is 24.7 Å². The first-order valence-electron chi connectivity index (χ1n) is 11.9. The number of halogens is 1. The van der Waals surface area contributed by atoms with Gasteiger partial charge in [0.1, 0.15) is 18.1 Å². The topological polar surface area (TPSA) is 74.9 Å². The Morgan fingerprint density at radius 2 is 1.91 bits per heavy atom. The maximum absolute atomic E-state index is 5.74. The predicted octanol–water partition coefficient (Wildman–Crippen LogP) is 5.38. The molecular weight excluding hydrogens is 529 g/mol. The summed E-state index contributed by atoms with van der Waals surface area (Å²) in [5.41, 5.74) is 1.87. The van der Waals surface area contributed by atoms with E-state index in [1.807, 2.05) is 52.0 Å². The van der Waals surface area contributed by atoms with E-state index < -0.39 is 0 Å². The number of rotatable bonds is 9. The second-order valence-corrected chi connectivity index (χ2v) is 9.03. The predicted molar refractivity (Wildman–Crippen MR) is 146 cm³/mol. The van der Waals surface area contributed by atoms with Crippen LogP contribution >= 0.6 is 24.0 Å². The summed E-state index contributed by atoms with van der Waals surface area (Å²) in [7, 11) is 0. The molecule has 1 fully saturated rings. The number of ether oxygens (including phenoxy) is 1. The molecule has 0 unspecified atom stereocenters. The van der Waals surface area contributed by atoms with Crippen LogP contribution in [0.4, 0.5) is 5.69 Å². The highest BCUT2D eigenvalue weighted by Crippen LogP contribution is 2.18. The van der Waals surface area contributed by atoms with Crippen molar-refractivity contribution in [2.75, 3.05) is 31.5 Å². The maximum Gasteiger partial charge on any atom is 0.216 e. The minimum Gasteiger partial charge on any atom is -0.491 e. The minimum absolute atomic E-state index is 0. The number of guanidine groups is 1. The molecule has 0 atom stereocenters. The van der Waals surface area contributed by atoms with Crippen LogP contribution in [-0.2, 0) is 6.54 Å². The molecular formula is C25H40IN5O2. The molecule has 184 valence electrons. The van der Waals surface area contributed by atoms with Gasteiger partial charge in [0.05, 0.1) is 11.8 Å². The second-order valence-electron chi connectivity index (χ2n) is 9.03. The van der Waals surface area contributed by atoms with Crippen LogP contribution in [0.25, 0.3) is 0 Å². The average molecular weight is 570 g/mol. The number of aryl methyl sites for hydroxylation is 2. The Morgan fingerprint density at radius 3 is 2.52 bits per heavy atom. The Hall–Kier alpha value is -1.81. The highest BCUT2D eigenvalue weighted by atomic mass is 127. The van der Waals surface area contributed by atoms with Gasteiger partial charge in [-0.3, -0.25) is 0 Å². The van der Waals surface area contributed by atoms with Crippen molar-refractivity contribution in [3.8, 4) is 5.75 Å². The first kappa shape index (κ1) is 27.4. The lowest BCUT2D eigenvalue weighted by Gasteiger charge is -2.30. The third-order valence-corrected chi connectivity index (χ3v) is 5.75. The molecule has 1 aliphatic rings. The molecule has 8 heteroatoms. The van der Waals surface area contributed by atoms with E-state index in [4.69, 9.17) is 14.1 Å². The molecule has 0 radical (unpaired) electrons. The van der Waals surface area contributed by atoms with E-state index in [-0.39, 0.29) is 30.1 Å². The Kier molecular flexibility index (Phi) is 11.5. The maximum atomic E-state index is 5.74. The van der Waals surface area contributed by atoms with Crippen molar-refractivity contribution in [3.05, 3.63) is 41.6 Å². The molecule has 33 heavy (non-hydrogen) atoms. The Bertz CT molecular complexity index is 839. The van der Waals surface area contributed by atoms with Crippen LogP contribution in [-0.4, -0.2) is 48.1 Å². The largest absolute Gasteiger partial charge is 0.491 e. The molecule has 1 aromatic heterocycles. The average Bonchev–Trinajstić information content (AvgIpc) is 3.08. The Labute approximate surface area is 215 Å². The highest BCUT2D eigenvalue weighted by molar-refractivity contribution is 14.0. The van der Waals surface area contributed by atoms with Gasteiger partial charge in [-0.15, -0.1) is 24.0 Å². The zero-order chi connectivity index (χ0) is 22.9. The number of hydrogen-bond donors (Lipinski definition) is 2. The van der Waals surface area contributed by atoms with Crippen LogP contribution in [0.5, 0.6) is 5.75 Å². The summed E-state index contributed by atoms with van der Waals surface area (Å²) in [6.45, 7) is 15.1. The van der Waals surface area contributed by atoms with Crippen molar-refractivity contribution in [1.82, 2.24) is 15.2 Å². The Balaban J connectivity index is 0.00000385. The smallest absolute Gasteiger partial charge is 0.216 e. The zero-order valence-electron chi connectivity index (χ0n) is 20.7. The number of anilines is 1. The lowest BCUT2D eigenvalue weighted by molar-refractivity contribution is 0.191. The number of aromatic nitrogens is 1. The molecule has 0 bridgehead atoms. The standard InChI is InChI=1S/C25H39N5O2.HI/c1-18(2)31-23-9-7-22(8-10-23)29-25(27-17-24-28-20(4)21(5)32-24)26-13-6-14-30-15-11-19(3)12-16-30;/h7-10,18-19H,6,11-17H2,1-5H3,(H2,26,27,29);1H. The third-order valence-electron chi connectivity index (χ3n) is 5.75. The van der Waals surface area contributed by atoms with E-state index in [2.05, 4.69) is 27.4 Å². The molecule has 0 amide bonds. The molecule has 3 rings (SSSR count). The molecule has 2 heterocycles. The van der Waals surface area contributed by atoms with E-state index in [0.717, 1.165) is 54.3 Å². The first-order valence-corrected chi connectivity index (χ1v) is 11.9. The summed E-state index contributed by atoms with van der Waals surface area (Å²) >= 11 is 0. The van der Waals surface area contributed by atoms with Crippen LogP contribution in [0.3, 0.4) is 0 Å². The van der Waals surface area contributed by atoms with E-state index in [0.29, 0.717) is 12.4 Å². The van der Waals surface area contributed by atoms with Crippen molar-refractivity contribution >= 4 is 35.6 Å². The fraction of sp³-hybridized carbons (Fsp3) is 0.600. The molecule has 1 aromatic carbocycles. The van der Waals surface area contributed by atoms with Crippen LogP contribution in [0.15, 0.2) is 33.7 Å². The van der Waals surface area contributed by atoms with Crippen LogP contribution in [0.1, 0.15) is 57.4 Å². The quantitative estimate of drug-likeness (QED) is 0.183. The van der Waals surface area contributed by atoms with E-state index in [1.54, 1.807) is 0 Å². The van der Waals surface area contributed by atoms with Gasteiger partial charge in [0.2, 0.25) is 5.89 Å². The van der Waals surface area contributed by atoms with Crippen LogP contribution in [0, 0.1) is 19.8 Å². The fourth-order valence-corrected chi connectivity index (χ4v) is 3.71. The molecule has 0 spiro atoms. The number of nitrogens with one attached hydrogen (secondary N) is 2. The van der Waals surface area contributed by atoms with Crippen LogP contribution < -0.4 is 15.4 Å². The van der Waals surface area contributed by atoms with Crippen molar-refractivity contribution in [3.63, 3.8) is 0 Å². The third kappa shape index (κ3) is 9.52. The van der Waals surface area contributed by atoms with E-state index >= 15 is 0 Å². The summed E-state index contributed by atoms with van der Waals surface area (Å²) in [6.07, 6.45) is 3.86. The lowest BCUT2D eigenvalue weighted by Crippen LogP contribution is -2.36. The van der Waals surface area contributed by atoms with Crippen LogP contribution in [0.2, 0.25) is 0 Å². The number of benzene rings is 1. The van der Waals surface area contributed by atoms with Gasteiger partial charge in [-0.05, 0) is 96.8 Å². The summed E-state index contributed by atoms with van der Waals surface area (Å²) in [5, 5.41) is 6.86. The van der Waals surface area contributed by atoms with Crippen molar-refractivity contribution < 1.29 is 9.15 Å². The molecule has 2 N–H and O–H groups in total. The Morgan fingerprint density at radius 1 is 1.21 bits per heavy atom. The van der Waals surface area contributed by atoms with Gasteiger partial charge in [0.25, 0.3) is 0 Å². The molecule has 7 nitrogen and oxygen atoms in total. The normalized spacial score (nSPS) is 15.4. The van der Waals surface area contributed by atoms with Crippen molar-refractivity contribution in [1.29, 1.82) is 0 Å². The molecule has 1 aliphatic heterocycles. The molecule has 1 saturated heterocycles. The molecule has 0 saturated carbocycles. The first-order chi connectivity index (χ1) is 15.4. The van der Waals surface area contributed by atoms with Gasteiger partial charge in [-0.2, -0.15) is 0 Å². The van der Waals surface area contributed by atoms with Crippen molar-refractivity contribution in [2.24, 2.45) is 10.9 Å². The summed E-state index contributed by atoms with van der Waals surface area (Å²) in [4.78, 5) is 11.7.